The van der Waals surface area contributed by atoms with Gasteiger partial charge in [0.25, 0.3) is 0 Å². The highest BCUT2D eigenvalue weighted by Gasteiger charge is 2.30. The average molecular weight is 229 g/mol. The molecule has 1 rings (SSSR count). The molecule has 1 aliphatic rings. The average Bonchev–Trinajstić information content (AvgIpc) is 2.29. The molecular weight excluding hydrogens is 206 g/mol. The van der Waals surface area contributed by atoms with Gasteiger partial charge in [0.15, 0.2) is 0 Å². The zero-order valence-corrected chi connectivity index (χ0v) is 10.5. The summed E-state index contributed by atoms with van der Waals surface area (Å²) in [5, 5.41) is 9.12. The predicted molar refractivity (Wildman–Crippen MR) is 62.5 cm³/mol. The second-order valence-electron chi connectivity index (χ2n) is 4.51. The van der Waals surface area contributed by atoms with Gasteiger partial charge in [-0.3, -0.25) is 9.69 Å². The van der Waals surface area contributed by atoms with Crippen molar-refractivity contribution in [3.63, 3.8) is 0 Å². The molecule has 16 heavy (non-hydrogen) atoms. The number of rotatable bonds is 5. The highest BCUT2D eigenvalue weighted by molar-refractivity contribution is 5.73. The maximum Gasteiger partial charge on any atom is 0.320 e. The number of likely N-dealkylation sites (N-methyl/N-ethyl adjacent to an activating group) is 1. The minimum absolute atomic E-state index is 0.299. The van der Waals surface area contributed by atoms with Crippen LogP contribution >= 0.6 is 0 Å². The summed E-state index contributed by atoms with van der Waals surface area (Å²) in [6, 6.07) is -0.0136. The fourth-order valence-corrected chi connectivity index (χ4v) is 2.41. The van der Waals surface area contributed by atoms with E-state index in [0.29, 0.717) is 18.6 Å². The van der Waals surface area contributed by atoms with Crippen LogP contribution < -0.4 is 0 Å². The minimum Gasteiger partial charge on any atom is -0.480 e. The Morgan fingerprint density at radius 2 is 2.25 bits per heavy atom. The Bertz CT molecular complexity index is 232. The van der Waals surface area contributed by atoms with Crippen LogP contribution in [-0.2, 0) is 9.53 Å². The van der Waals surface area contributed by atoms with Crippen LogP contribution in [0.25, 0.3) is 0 Å². The van der Waals surface area contributed by atoms with Crippen molar-refractivity contribution >= 4 is 5.97 Å². The Hall–Kier alpha value is -0.610. The van der Waals surface area contributed by atoms with Gasteiger partial charge in [-0.05, 0) is 32.7 Å². The minimum atomic E-state index is -0.718. The third-order valence-corrected chi connectivity index (χ3v) is 3.53. The first-order valence-corrected chi connectivity index (χ1v) is 6.16. The van der Waals surface area contributed by atoms with Gasteiger partial charge in [-0.1, -0.05) is 13.8 Å². The van der Waals surface area contributed by atoms with E-state index < -0.39 is 5.97 Å². The molecule has 3 unspecified atom stereocenters. The zero-order valence-electron chi connectivity index (χ0n) is 10.5. The molecule has 1 saturated heterocycles. The first-order chi connectivity index (χ1) is 7.60. The second-order valence-corrected chi connectivity index (χ2v) is 4.51. The fourth-order valence-electron chi connectivity index (χ4n) is 2.41. The second kappa shape index (κ2) is 6.21. The molecule has 0 radical (unpaired) electrons. The Labute approximate surface area is 97.6 Å². The fraction of sp³-hybridized carbons (Fsp3) is 0.917. The van der Waals surface area contributed by atoms with Crippen molar-refractivity contribution in [3.8, 4) is 0 Å². The molecule has 3 atom stereocenters. The van der Waals surface area contributed by atoms with Gasteiger partial charge >= 0.3 is 5.97 Å². The quantitative estimate of drug-likeness (QED) is 0.780. The first kappa shape index (κ1) is 13.5. The van der Waals surface area contributed by atoms with Crippen LogP contribution in [0.1, 0.15) is 39.5 Å². The van der Waals surface area contributed by atoms with E-state index in [4.69, 9.17) is 9.84 Å². The van der Waals surface area contributed by atoms with E-state index in [1.807, 2.05) is 18.9 Å². The third kappa shape index (κ3) is 3.19. The molecule has 1 aliphatic heterocycles. The molecule has 1 heterocycles. The summed E-state index contributed by atoms with van der Waals surface area (Å²) in [6.45, 7) is 4.79. The van der Waals surface area contributed by atoms with Crippen LogP contribution in [0.5, 0.6) is 0 Å². The predicted octanol–water partition coefficient (Wildman–Crippen LogP) is 1.74. The number of carboxylic acids is 1. The molecule has 0 bridgehead atoms. The van der Waals surface area contributed by atoms with E-state index in [1.165, 1.54) is 0 Å². The first-order valence-electron chi connectivity index (χ1n) is 6.16. The summed E-state index contributed by atoms with van der Waals surface area (Å²) in [4.78, 5) is 13.1. The molecule has 4 nitrogen and oxygen atoms in total. The topological polar surface area (TPSA) is 49.8 Å². The molecule has 0 saturated carbocycles. The molecule has 1 fully saturated rings. The van der Waals surface area contributed by atoms with Crippen LogP contribution in [0.15, 0.2) is 0 Å². The summed E-state index contributed by atoms with van der Waals surface area (Å²) in [5.41, 5.74) is 0. The van der Waals surface area contributed by atoms with Crippen LogP contribution in [0.3, 0.4) is 0 Å². The van der Waals surface area contributed by atoms with Crippen molar-refractivity contribution in [2.24, 2.45) is 0 Å². The molecule has 0 aromatic heterocycles. The van der Waals surface area contributed by atoms with Crippen molar-refractivity contribution in [2.45, 2.75) is 57.7 Å². The smallest absolute Gasteiger partial charge is 0.320 e. The Balaban J connectivity index is 2.57. The number of nitrogens with zero attached hydrogens (tertiary/aromatic N) is 1. The van der Waals surface area contributed by atoms with Gasteiger partial charge in [0, 0.05) is 12.6 Å². The largest absolute Gasteiger partial charge is 0.480 e. The molecule has 4 heteroatoms. The number of carboxylic acid groups (broad SMARTS) is 1. The number of hydrogen-bond acceptors (Lipinski definition) is 3. The Kier molecular flexibility index (Phi) is 5.22. The summed E-state index contributed by atoms with van der Waals surface area (Å²) >= 11 is 0. The van der Waals surface area contributed by atoms with Crippen molar-refractivity contribution < 1.29 is 14.6 Å². The highest BCUT2D eigenvalue weighted by atomic mass is 16.5. The molecule has 0 aromatic carbocycles. The maximum atomic E-state index is 11.1. The SMILES string of the molecule is CCC1CC(N(C)C(CC)C(=O)O)CCO1. The summed E-state index contributed by atoms with van der Waals surface area (Å²) < 4.78 is 5.61. The summed E-state index contributed by atoms with van der Waals surface area (Å²) in [5.74, 6) is -0.718. The summed E-state index contributed by atoms with van der Waals surface area (Å²) in [6.07, 6.45) is 3.86. The van der Waals surface area contributed by atoms with Crippen LogP contribution in [-0.4, -0.2) is 47.8 Å². The Morgan fingerprint density at radius 3 is 2.75 bits per heavy atom. The van der Waals surface area contributed by atoms with Gasteiger partial charge in [-0.25, -0.2) is 0 Å². The van der Waals surface area contributed by atoms with E-state index in [0.717, 1.165) is 25.9 Å². The summed E-state index contributed by atoms with van der Waals surface area (Å²) in [7, 11) is 1.92. The van der Waals surface area contributed by atoms with Gasteiger partial charge in [0.2, 0.25) is 0 Å². The molecular formula is C12H23NO3. The van der Waals surface area contributed by atoms with E-state index in [1.54, 1.807) is 0 Å². The number of hydrogen-bond donors (Lipinski definition) is 1. The molecule has 94 valence electrons. The maximum absolute atomic E-state index is 11.1. The lowest BCUT2D eigenvalue weighted by Gasteiger charge is -2.37. The standard InChI is InChI=1S/C12H23NO3/c1-4-10-8-9(6-7-16-10)13(3)11(5-2)12(14)15/h9-11H,4-8H2,1-3H3,(H,14,15). The van der Waals surface area contributed by atoms with E-state index in [2.05, 4.69) is 6.92 Å². The van der Waals surface area contributed by atoms with Crippen LogP contribution in [0, 0.1) is 0 Å². The van der Waals surface area contributed by atoms with Crippen molar-refractivity contribution in [1.29, 1.82) is 0 Å². The molecule has 1 N–H and O–H groups in total. The number of ether oxygens (including phenoxy) is 1. The monoisotopic (exact) mass is 229 g/mol. The molecule has 0 aliphatic carbocycles. The Morgan fingerprint density at radius 1 is 1.56 bits per heavy atom. The zero-order chi connectivity index (χ0) is 12.1. The lowest BCUT2D eigenvalue weighted by Crippen LogP contribution is -2.48. The van der Waals surface area contributed by atoms with Gasteiger partial charge in [-0.2, -0.15) is 0 Å². The highest BCUT2D eigenvalue weighted by Crippen LogP contribution is 2.22. The van der Waals surface area contributed by atoms with Gasteiger partial charge in [0.05, 0.1) is 6.10 Å². The molecule has 0 spiro atoms. The molecule has 0 amide bonds. The third-order valence-electron chi connectivity index (χ3n) is 3.53. The van der Waals surface area contributed by atoms with Crippen LogP contribution in [0.2, 0.25) is 0 Å². The van der Waals surface area contributed by atoms with Crippen molar-refractivity contribution in [3.05, 3.63) is 0 Å². The van der Waals surface area contributed by atoms with E-state index in [9.17, 15) is 4.79 Å². The van der Waals surface area contributed by atoms with Crippen LogP contribution in [0.4, 0.5) is 0 Å². The number of aliphatic carboxylic acids is 1. The lowest BCUT2D eigenvalue weighted by atomic mass is 9.98. The van der Waals surface area contributed by atoms with Gasteiger partial charge in [-0.15, -0.1) is 0 Å². The van der Waals surface area contributed by atoms with Crippen molar-refractivity contribution in [1.82, 2.24) is 4.90 Å². The normalized spacial score (nSPS) is 28.0. The lowest BCUT2D eigenvalue weighted by molar-refractivity contribution is -0.145. The van der Waals surface area contributed by atoms with Gasteiger partial charge < -0.3 is 9.84 Å². The van der Waals surface area contributed by atoms with E-state index in [-0.39, 0.29) is 6.04 Å². The van der Waals surface area contributed by atoms with Crippen molar-refractivity contribution in [2.75, 3.05) is 13.7 Å². The van der Waals surface area contributed by atoms with Gasteiger partial charge in [0.1, 0.15) is 6.04 Å². The number of carbonyl (C=O) groups is 1. The van der Waals surface area contributed by atoms with E-state index >= 15 is 0 Å². The molecule has 0 aromatic rings.